The van der Waals surface area contributed by atoms with Crippen LogP contribution in [0.2, 0.25) is 0 Å². The summed E-state index contributed by atoms with van der Waals surface area (Å²) in [6.45, 7) is 6.54. The van der Waals surface area contributed by atoms with Crippen molar-refractivity contribution in [2.45, 2.75) is 46.7 Å². The number of rotatable bonds is 8. The molecule has 0 atom stereocenters. The van der Waals surface area contributed by atoms with Gasteiger partial charge in [0, 0.05) is 6.54 Å². The molecule has 0 radical (unpaired) electrons. The molecular weight excluding hydrogens is 391 g/mol. The van der Waals surface area contributed by atoms with E-state index in [2.05, 4.69) is 23.9 Å². The molecule has 2 aromatic rings. The van der Waals surface area contributed by atoms with E-state index in [9.17, 15) is 18.3 Å². The largest absolute Gasteiger partial charge is 0.573 e. The highest BCUT2D eigenvalue weighted by Gasteiger charge is 2.31. The zero-order valence-electron chi connectivity index (χ0n) is 17.7. The van der Waals surface area contributed by atoms with Crippen LogP contribution in [-0.2, 0) is 13.2 Å². The van der Waals surface area contributed by atoms with E-state index in [4.69, 9.17) is 0 Å². The summed E-state index contributed by atoms with van der Waals surface area (Å²) < 4.78 is 41.3. The highest BCUT2D eigenvalue weighted by Crippen LogP contribution is 2.33. The maximum absolute atomic E-state index is 12.4. The van der Waals surface area contributed by atoms with Crippen LogP contribution in [-0.4, -0.2) is 18.5 Å². The van der Waals surface area contributed by atoms with E-state index in [-0.39, 0.29) is 12.4 Å². The molecule has 0 amide bonds. The second kappa shape index (κ2) is 10.5. The van der Waals surface area contributed by atoms with Gasteiger partial charge in [-0.1, -0.05) is 42.9 Å². The minimum Gasteiger partial charge on any atom is -0.406 e. The topological polar surface area (TPSA) is 41.5 Å². The Morgan fingerprint density at radius 1 is 1.20 bits per heavy atom. The Balaban J connectivity index is 2.56. The van der Waals surface area contributed by atoms with Crippen LogP contribution in [0.25, 0.3) is 17.2 Å². The van der Waals surface area contributed by atoms with Crippen LogP contribution in [0.15, 0.2) is 48.1 Å². The van der Waals surface area contributed by atoms with Gasteiger partial charge in [0.25, 0.3) is 0 Å². The molecule has 0 spiro atoms. The van der Waals surface area contributed by atoms with Gasteiger partial charge in [-0.3, -0.25) is 0 Å². The molecule has 0 unspecified atom stereocenters. The van der Waals surface area contributed by atoms with Gasteiger partial charge in [-0.2, -0.15) is 0 Å². The normalized spacial score (nSPS) is 12.6. The fourth-order valence-corrected chi connectivity index (χ4v) is 3.24. The molecule has 6 heteroatoms. The second-order valence-corrected chi connectivity index (χ2v) is 7.09. The molecule has 162 valence electrons. The third-order valence-corrected chi connectivity index (χ3v) is 4.96. The first-order chi connectivity index (χ1) is 14.2. The van der Waals surface area contributed by atoms with E-state index in [0.717, 1.165) is 39.8 Å². The number of benzene rings is 2. The predicted octanol–water partition coefficient (Wildman–Crippen LogP) is 6.14. The molecular formula is C24H28F3NO2. The summed E-state index contributed by atoms with van der Waals surface area (Å²) in [5.41, 5.74) is 6.54. The quantitative estimate of drug-likeness (QED) is 0.505. The molecule has 3 nitrogen and oxygen atoms in total. The van der Waals surface area contributed by atoms with Crippen molar-refractivity contribution in [1.29, 1.82) is 0 Å². The summed E-state index contributed by atoms with van der Waals surface area (Å²) in [6.07, 6.45) is 2.21. The molecule has 0 saturated carbocycles. The summed E-state index contributed by atoms with van der Waals surface area (Å²) in [5.74, 6) is -0.258. The van der Waals surface area contributed by atoms with E-state index in [1.165, 1.54) is 17.7 Å². The number of aliphatic hydroxyl groups excluding tert-OH is 1. The van der Waals surface area contributed by atoms with Crippen LogP contribution >= 0.6 is 0 Å². The molecule has 0 heterocycles. The van der Waals surface area contributed by atoms with Crippen LogP contribution in [0, 0.1) is 6.92 Å². The zero-order valence-corrected chi connectivity index (χ0v) is 17.7. The first-order valence-electron chi connectivity index (χ1n) is 9.81. The standard InChI is InChI=1S/C24H28F3NO2/c1-5-16(2)7-6-8-21-17(3)22(13-19(14-28-4)23(21)15-29)18-9-11-20(12-10-18)30-24(25,26)27/h6-13,28-29H,5,14-15H2,1-4H3/b8-6-,16-7+. The molecule has 0 aliphatic rings. The summed E-state index contributed by atoms with van der Waals surface area (Å²) in [6, 6.07) is 7.81. The molecule has 0 aliphatic carbocycles. The van der Waals surface area contributed by atoms with Gasteiger partial charge in [0.05, 0.1) is 6.61 Å². The highest BCUT2D eigenvalue weighted by atomic mass is 19.4. The van der Waals surface area contributed by atoms with Gasteiger partial charge in [0.1, 0.15) is 5.75 Å². The lowest BCUT2D eigenvalue weighted by Gasteiger charge is -2.18. The number of halogens is 3. The lowest BCUT2D eigenvalue weighted by molar-refractivity contribution is -0.274. The Hall–Kier alpha value is -2.57. The smallest absolute Gasteiger partial charge is 0.406 e. The van der Waals surface area contributed by atoms with Crippen LogP contribution in [0.3, 0.4) is 0 Å². The van der Waals surface area contributed by atoms with E-state index in [0.29, 0.717) is 6.54 Å². The summed E-state index contributed by atoms with van der Waals surface area (Å²) in [4.78, 5) is 0. The Bertz CT molecular complexity index is 914. The average Bonchev–Trinajstić information content (AvgIpc) is 2.69. The number of aliphatic hydroxyl groups is 1. The Morgan fingerprint density at radius 3 is 2.40 bits per heavy atom. The molecule has 2 rings (SSSR count). The van der Waals surface area contributed by atoms with Crippen molar-refractivity contribution in [3.05, 3.63) is 70.3 Å². The number of ether oxygens (including phenoxy) is 1. The van der Waals surface area contributed by atoms with E-state index < -0.39 is 6.36 Å². The van der Waals surface area contributed by atoms with Gasteiger partial charge in [0.2, 0.25) is 0 Å². The number of alkyl halides is 3. The first kappa shape index (κ1) is 23.7. The van der Waals surface area contributed by atoms with Gasteiger partial charge in [-0.25, -0.2) is 0 Å². The Kier molecular flexibility index (Phi) is 8.26. The number of allylic oxidation sites excluding steroid dienone is 3. The maximum Gasteiger partial charge on any atom is 0.573 e. The van der Waals surface area contributed by atoms with Crippen LogP contribution in [0.1, 0.15) is 42.5 Å². The molecule has 0 aliphatic heterocycles. The third kappa shape index (κ3) is 6.21. The first-order valence-corrected chi connectivity index (χ1v) is 9.81. The van der Waals surface area contributed by atoms with Gasteiger partial charge in [0.15, 0.2) is 0 Å². The highest BCUT2D eigenvalue weighted by molar-refractivity contribution is 5.76. The lowest BCUT2D eigenvalue weighted by atomic mass is 9.89. The van der Waals surface area contributed by atoms with Crippen LogP contribution in [0.4, 0.5) is 13.2 Å². The molecule has 30 heavy (non-hydrogen) atoms. The molecule has 0 bridgehead atoms. The minimum atomic E-state index is -4.72. The molecule has 0 fully saturated rings. The van der Waals surface area contributed by atoms with Crippen molar-refractivity contribution in [2.24, 2.45) is 0 Å². The second-order valence-electron chi connectivity index (χ2n) is 7.09. The fourth-order valence-electron chi connectivity index (χ4n) is 3.24. The van der Waals surface area contributed by atoms with Crippen LogP contribution < -0.4 is 10.1 Å². The average molecular weight is 419 g/mol. The van der Waals surface area contributed by atoms with Crippen molar-refractivity contribution < 1.29 is 23.0 Å². The minimum absolute atomic E-state index is 0.105. The van der Waals surface area contributed by atoms with Crippen molar-refractivity contribution in [3.63, 3.8) is 0 Å². The van der Waals surface area contributed by atoms with E-state index in [1.54, 1.807) is 12.1 Å². The monoisotopic (exact) mass is 419 g/mol. The summed E-state index contributed by atoms with van der Waals surface area (Å²) >= 11 is 0. The molecule has 2 aromatic carbocycles. The van der Waals surface area contributed by atoms with E-state index in [1.807, 2.05) is 38.3 Å². The van der Waals surface area contributed by atoms with Gasteiger partial charge in [-0.05, 0) is 78.9 Å². The Morgan fingerprint density at radius 2 is 1.87 bits per heavy atom. The SMILES string of the molecule is CC/C(C)=C/C=C\c1c(C)c(-c2ccc(OC(F)(F)F)cc2)cc(CNC)c1CO. The van der Waals surface area contributed by atoms with Crippen molar-refractivity contribution in [3.8, 4) is 16.9 Å². The number of nitrogens with one attached hydrogen (secondary N) is 1. The zero-order chi connectivity index (χ0) is 22.3. The fraction of sp³-hybridized carbons (Fsp3) is 0.333. The van der Waals surface area contributed by atoms with Crippen molar-refractivity contribution in [1.82, 2.24) is 5.32 Å². The van der Waals surface area contributed by atoms with Gasteiger partial charge >= 0.3 is 6.36 Å². The van der Waals surface area contributed by atoms with E-state index >= 15 is 0 Å². The van der Waals surface area contributed by atoms with Crippen LogP contribution in [0.5, 0.6) is 5.75 Å². The van der Waals surface area contributed by atoms with Gasteiger partial charge < -0.3 is 15.2 Å². The molecule has 0 aromatic heterocycles. The Labute approximate surface area is 175 Å². The summed E-state index contributed by atoms with van der Waals surface area (Å²) in [5, 5.41) is 13.1. The van der Waals surface area contributed by atoms with Crippen molar-refractivity contribution in [2.75, 3.05) is 7.05 Å². The lowest BCUT2D eigenvalue weighted by Crippen LogP contribution is -2.16. The summed E-state index contributed by atoms with van der Waals surface area (Å²) in [7, 11) is 1.83. The molecule has 0 saturated heterocycles. The molecule has 2 N–H and O–H groups in total. The number of hydrogen-bond donors (Lipinski definition) is 2. The number of hydrogen-bond acceptors (Lipinski definition) is 3. The van der Waals surface area contributed by atoms with Crippen molar-refractivity contribution >= 4 is 6.08 Å². The third-order valence-electron chi connectivity index (χ3n) is 4.96. The maximum atomic E-state index is 12.4. The van der Waals surface area contributed by atoms with Gasteiger partial charge in [-0.15, -0.1) is 13.2 Å². The predicted molar refractivity (Wildman–Crippen MR) is 115 cm³/mol.